The van der Waals surface area contributed by atoms with Gasteiger partial charge in [-0.05, 0) is 87.6 Å². The minimum absolute atomic E-state index is 0.139. The molecule has 2 saturated heterocycles. The minimum Gasteiger partial charge on any atom is -0.491 e. The Morgan fingerprint density at radius 1 is 1.19 bits per heavy atom. The van der Waals surface area contributed by atoms with Crippen LogP contribution in [0.2, 0.25) is 0 Å². The second-order valence-electron chi connectivity index (χ2n) is 10.6. The number of aromatic nitrogens is 1. The molecular formula is C29H37N3O4. The van der Waals surface area contributed by atoms with Gasteiger partial charge in [-0.15, -0.1) is 0 Å². The van der Waals surface area contributed by atoms with E-state index in [1.807, 2.05) is 25.1 Å². The smallest absolute Gasteiger partial charge is 0.255 e. The van der Waals surface area contributed by atoms with E-state index in [4.69, 9.17) is 9.47 Å². The largest absolute Gasteiger partial charge is 0.491 e. The Balaban J connectivity index is 1.25. The van der Waals surface area contributed by atoms with Crippen molar-refractivity contribution >= 4 is 22.5 Å². The highest BCUT2D eigenvalue weighted by Gasteiger charge is 2.27. The van der Waals surface area contributed by atoms with Gasteiger partial charge in [-0.1, -0.05) is 0 Å². The zero-order chi connectivity index (χ0) is 25.3. The van der Waals surface area contributed by atoms with Crippen LogP contribution in [-0.4, -0.2) is 58.5 Å². The molecule has 3 heterocycles. The van der Waals surface area contributed by atoms with Crippen LogP contribution in [0.1, 0.15) is 54.2 Å². The summed E-state index contributed by atoms with van der Waals surface area (Å²) in [7, 11) is 2.10. The van der Waals surface area contributed by atoms with Gasteiger partial charge < -0.3 is 24.5 Å². The number of ether oxygens (including phenoxy) is 2. The first-order chi connectivity index (χ1) is 17.3. The van der Waals surface area contributed by atoms with Gasteiger partial charge in [-0.3, -0.25) is 9.69 Å². The summed E-state index contributed by atoms with van der Waals surface area (Å²) in [6.07, 6.45) is 3.89. The van der Waals surface area contributed by atoms with Crippen molar-refractivity contribution in [1.29, 1.82) is 0 Å². The second-order valence-corrected chi connectivity index (χ2v) is 10.6. The molecule has 2 aliphatic heterocycles. The first-order valence-electron chi connectivity index (χ1n) is 13.0. The number of likely N-dealkylation sites (tertiary alicyclic amines) is 1. The van der Waals surface area contributed by atoms with Gasteiger partial charge in [0.15, 0.2) is 0 Å². The summed E-state index contributed by atoms with van der Waals surface area (Å²) in [5.74, 6) is 0.605. The molecule has 7 nitrogen and oxygen atoms in total. The van der Waals surface area contributed by atoms with Gasteiger partial charge in [-0.25, -0.2) is 0 Å². The third-order valence-corrected chi connectivity index (χ3v) is 7.74. The van der Waals surface area contributed by atoms with Crippen molar-refractivity contribution < 1.29 is 19.4 Å². The molecule has 0 bridgehead atoms. The minimum atomic E-state index is -0.545. The molecule has 2 N–H and O–H groups in total. The summed E-state index contributed by atoms with van der Waals surface area (Å²) in [4.78, 5) is 15.4. The van der Waals surface area contributed by atoms with Gasteiger partial charge in [0, 0.05) is 61.1 Å². The predicted octanol–water partition coefficient (Wildman–Crippen LogP) is 4.64. The van der Waals surface area contributed by atoms with Crippen molar-refractivity contribution in [2.45, 2.75) is 57.8 Å². The summed E-state index contributed by atoms with van der Waals surface area (Å²) in [5.41, 5.74) is 4.30. The number of nitrogens with one attached hydrogen (secondary N) is 1. The number of carbonyl (C=O) groups excluding carboxylic acids is 1. The molecule has 2 fully saturated rings. The summed E-state index contributed by atoms with van der Waals surface area (Å²) >= 11 is 0. The Morgan fingerprint density at radius 3 is 2.64 bits per heavy atom. The maximum Gasteiger partial charge on any atom is 0.255 e. The van der Waals surface area contributed by atoms with Gasteiger partial charge in [0.25, 0.3) is 5.91 Å². The van der Waals surface area contributed by atoms with Gasteiger partial charge in [0.05, 0.1) is 11.7 Å². The number of benzene rings is 2. The summed E-state index contributed by atoms with van der Waals surface area (Å²) in [6.45, 7) is 7.98. The van der Waals surface area contributed by atoms with Crippen LogP contribution in [0.3, 0.4) is 0 Å². The van der Waals surface area contributed by atoms with Crippen molar-refractivity contribution in [3.05, 3.63) is 59.3 Å². The van der Waals surface area contributed by atoms with Crippen molar-refractivity contribution in [3.8, 4) is 5.75 Å². The Kier molecular flexibility index (Phi) is 7.06. The number of hydrogen-bond acceptors (Lipinski definition) is 5. The fourth-order valence-corrected chi connectivity index (χ4v) is 5.18. The lowest BCUT2D eigenvalue weighted by molar-refractivity contribution is -0.00771. The molecule has 0 unspecified atom stereocenters. The monoisotopic (exact) mass is 491 g/mol. The number of aryl methyl sites for hydroxylation is 2. The number of rotatable bonds is 7. The maximum atomic E-state index is 13.0. The van der Waals surface area contributed by atoms with E-state index in [0.29, 0.717) is 12.2 Å². The van der Waals surface area contributed by atoms with Crippen molar-refractivity contribution in [1.82, 2.24) is 9.47 Å². The molecule has 2 aromatic carbocycles. The first-order valence-corrected chi connectivity index (χ1v) is 13.0. The highest BCUT2D eigenvalue weighted by molar-refractivity contribution is 6.06. The average molecular weight is 492 g/mol. The van der Waals surface area contributed by atoms with Crippen molar-refractivity contribution in [3.63, 3.8) is 0 Å². The van der Waals surface area contributed by atoms with Crippen molar-refractivity contribution in [2.75, 3.05) is 31.6 Å². The third kappa shape index (κ3) is 5.43. The maximum absolute atomic E-state index is 13.0. The van der Waals surface area contributed by atoms with Gasteiger partial charge in [0.2, 0.25) is 0 Å². The average Bonchev–Trinajstić information content (AvgIpc) is 3.50. The summed E-state index contributed by atoms with van der Waals surface area (Å²) < 4.78 is 13.6. The van der Waals surface area contributed by atoms with E-state index in [1.54, 1.807) is 12.1 Å². The van der Waals surface area contributed by atoms with E-state index in [0.717, 1.165) is 79.8 Å². The number of anilines is 1. The molecule has 3 aromatic rings. The Morgan fingerprint density at radius 2 is 1.94 bits per heavy atom. The van der Waals surface area contributed by atoms with E-state index in [9.17, 15) is 9.90 Å². The quantitative estimate of drug-likeness (QED) is 0.504. The normalized spacial score (nSPS) is 20.1. The molecule has 0 spiro atoms. The van der Waals surface area contributed by atoms with Gasteiger partial charge in [0.1, 0.15) is 12.4 Å². The molecule has 1 aromatic heterocycles. The van der Waals surface area contributed by atoms with E-state index in [-0.39, 0.29) is 12.0 Å². The lowest BCUT2D eigenvalue weighted by Gasteiger charge is -2.35. The van der Waals surface area contributed by atoms with Crippen molar-refractivity contribution in [2.24, 2.45) is 7.05 Å². The van der Waals surface area contributed by atoms with Crippen LogP contribution in [0, 0.1) is 6.92 Å². The fourth-order valence-electron chi connectivity index (χ4n) is 5.18. The molecule has 2 aliphatic rings. The number of carbonyl (C=O) groups is 1. The Labute approximate surface area is 213 Å². The van der Waals surface area contributed by atoms with Crippen LogP contribution in [0.5, 0.6) is 5.75 Å². The zero-order valence-electron chi connectivity index (χ0n) is 21.5. The zero-order valence-corrected chi connectivity index (χ0v) is 21.5. The molecule has 0 radical (unpaired) electrons. The SMILES string of the molecule is Cc1c(NC(=O)c2ccc(OC[C@@H]3CCCO3)cc2)ccc2c1cc(CN1CCC(C)(O)CC1)n2C. The van der Waals surface area contributed by atoms with Crippen LogP contribution in [0.15, 0.2) is 42.5 Å². The fraction of sp³-hybridized carbons (Fsp3) is 0.483. The standard InChI is InChI=1S/C29H37N3O4/c1-20-25-17-22(18-32-14-12-29(2,34)13-15-32)31(3)27(25)11-10-26(20)30-28(33)21-6-8-23(9-7-21)36-19-24-5-4-16-35-24/h6-11,17,24,34H,4-5,12-16,18-19H2,1-3H3,(H,30,33)/t24-/m0/s1. The van der Waals surface area contributed by atoms with E-state index >= 15 is 0 Å². The molecule has 7 heteroatoms. The molecule has 36 heavy (non-hydrogen) atoms. The summed E-state index contributed by atoms with van der Waals surface area (Å²) in [5, 5.41) is 14.5. The molecular weight excluding hydrogens is 454 g/mol. The Bertz CT molecular complexity index is 1220. The number of amides is 1. The van der Waals surface area contributed by atoms with E-state index in [1.165, 1.54) is 5.69 Å². The van der Waals surface area contributed by atoms with Crippen LogP contribution < -0.4 is 10.1 Å². The van der Waals surface area contributed by atoms with E-state index in [2.05, 4.69) is 40.9 Å². The lowest BCUT2D eigenvalue weighted by Crippen LogP contribution is -2.42. The molecule has 5 rings (SSSR count). The molecule has 1 amide bonds. The van der Waals surface area contributed by atoms with Gasteiger partial charge in [-0.2, -0.15) is 0 Å². The highest BCUT2D eigenvalue weighted by Crippen LogP contribution is 2.30. The molecule has 0 saturated carbocycles. The number of nitrogens with zero attached hydrogens (tertiary/aromatic N) is 2. The number of fused-ring (bicyclic) bond motifs is 1. The summed E-state index contributed by atoms with van der Waals surface area (Å²) in [6, 6.07) is 13.6. The number of aliphatic hydroxyl groups is 1. The lowest BCUT2D eigenvalue weighted by atomic mass is 9.94. The molecule has 1 atom stereocenters. The van der Waals surface area contributed by atoms with Crippen LogP contribution >= 0.6 is 0 Å². The Hall–Kier alpha value is -2.87. The first kappa shape index (κ1) is 24.8. The number of piperidine rings is 1. The van der Waals surface area contributed by atoms with Gasteiger partial charge >= 0.3 is 0 Å². The molecule has 192 valence electrons. The van der Waals surface area contributed by atoms with Crippen LogP contribution in [0.4, 0.5) is 5.69 Å². The second kappa shape index (κ2) is 10.2. The topological polar surface area (TPSA) is 76.0 Å². The molecule has 0 aliphatic carbocycles. The third-order valence-electron chi connectivity index (χ3n) is 7.74. The predicted molar refractivity (Wildman–Crippen MR) is 142 cm³/mol. The van der Waals surface area contributed by atoms with Crippen LogP contribution in [-0.2, 0) is 18.3 Å². The van der Waals surface area contributed by atoms with Crippen LogP contribution in [0.25, 0.3) is 10.9 Å². The van der Waals surface area contributed by atoms with E-state index < -0.39 is 5.60 Å². The number of hydrogen-bond donors (Lipinski definition) is 2. The highest BCUT2D eigenvalue weighted by atomic mass is 16.5.